The first-order valence-electron chi connectivity index (χ1n) is 8.22. The van der Waals surface area contributed by atoms with Gasteiger partial charge in [0, 0.05) is 32.7 Å². The minimum Gasteiger partial charge on any atom is -0.467 e. The van der Waals surface area contributed by atoms with Gasteiger partial charge in [0.05, 0.1) is 13.7 Å². The first kappa shape index (κ1) is 17.0. The number of rotatable bonds is 5. The fraction of sp³-hybridized carbons (Fsp3) is 0.471. The molecule has 2 aromatic heterocycles. The van der Waals surface area contributed by atoms with E-state index in [1.165, 1.54) is 7.11 Å². The van der Waals surface area contributed by atoms with E-state index in [0.29, 0.717) is 30.1 Å². The molecule has 132 valence electrons. The highest BCUT2D eigenvalue weighted by Crippen LogP contribution is 2.26. The van der Waals surface area contributed by atoms with Gasteiger partial charge in [0.2, 0.25) is 0 Å². The Morgan fingerprint density at radius 1 is 1.32 bits per heavy atom. The van der Waals surface area contributed by atoms with E-state index in [1.54, 1.807) is 22.1 Å². The third kappa shape index (κ3) is 3.10. The Bertz CT molecular complexity index is 896. The predicted molar refractivity (Wildman–Crippen MR) is 97.1 cm³/mol. The Balaban J connectivity index is 2.31. The monoisotopic (exact) mass is 342 g/mol. The Morgan fingerprint density at radius 3 is 2.72 bits per heavy atom. The topological polar surface area (TPSA) is 77.2 Å². The van der Waals surface area contributed by atoms with Crippen molar-refractivity contribution in [2.75, 3.05) is 38.2 Å². The summed E-state index contributed by atoms with van der Waals surface area (Å²) in [6.07, 6.45) is 1.68. The van der Waals surface area contributed by atoms with Crippen molar-refractivity contribution >= 4 is 17.0 Å². The number of piperazine rings is 1. The minimum absolute atomic E-state index is 0.170. The highest BCUT2D eigenvalue weighted by Gasteiger charge is 2.24. The Kier molecular flexibility index (Phi) is 5.05. The molecular formula is C17H22N6O2. The number of ether oxygens (including phenoxy) is 1. The first-order valence-corrected chi connectivity index (χ1v) is 8.22. The average Bonchev–Trinajstić information content (AvgIpc) is 2.92. The standard InChI is InChI=1S/C17H22N6O2/c1-4-6-10-22-13-14(21-11-7-18-8-12-21)19-16(25-3)20-15(13)23(9-5-2)17(22)24/h5,18H,2,7-12H2,1,3H3. The van der Waals surface area contributed by atoms with E-state index in [1.807, 2.05) is 0 Å². The molecule has 1 aliphatic heterocycles. The van der Waals surface area contributed by atoms with E-state index in [4.69, 9.17) is 4.74 Å². The summed E-state index contributed by atoms with van der Waals surface area (Å²) >= 11 is 0. The molecule has 8 heteroatoms. The number of hydrogen-bond acceptors (Lipinski definition) is 6. The molecular weight excluding hydrogens is 320 g/mol. The number of anilines is 1. The third-order valence-corrected chi connectivity index (χ3v) is 4.14. The highest BCUT2D eigenvalue weighted by atomic mass is 16.5. The van der Waals surface area contributed by atoms with Gasteiger partial charge in [-0.05, 0) is 6.92 Å². The summed E-state index contributed by atoms with van der Waals surface area (Å²) in [7, 11) is 1.53. The quantitative estimate of drug-likeness (QED) is 0.619. The van der Waals surface area contributed by atoms with E-state index in [-0.39, 0.29) is 11.7 Å². The highest BCUT2D eigenvalue weighted by molar-refractivity contribution is 5.85. The number of allylic oxidation sites excluding steroid dienone is 1. The molecule has 0 unspecified atom stereocenters. The molecule has 0 aliphatic carbocycles. The first-order chi connectivity index (χ1) is 12.2. The fourth-order valence-corrected chi connectivity index (χ4v) is 2.96. The van der Waals surface area contributed by atoms with Gasteiger partial charge in [0.15, 0.2) is 11.5 Å². The molecule has 0 radical (unpaired) electrons. The Hall–Kier alpha value is -2.79. The van der Waals surface area contributed by atoms with Crippen molar-refractivity contribution < 1.29 is 4.74 Å². The lowest BCUT2D eigenvalue weighted by Crippen LogP contribution is -2.44. The largest absolute Gasteiger partial charge is 0.467 e. The molecule has 25 heavy (non-hydrogen) atoms. The smallest absolute Gasteiger partial charge is 0.331 e. The summed E-state index contributed by atoms with van der Waals surface area (Å²) in [5.41, 5.74) is 1.07. The van der Waals surface area contributed by atoms with Gasteiger partial charge in [-0.2, -0.15) is 9.97 Å². The van der Waals surface area contributed by atoms with E-state index >= 15 is 0 Å². The average molecular weight is 342 g/mol. The van der Waals surface area contributed by atoms with Crippen LogP contribution >= 0.6 is 0 Å². The van der Waals surface area contributed by atoms with Gasteiger partial charge in [-0.25, -0.2) is 4.79 Å². The molecule has 0 atom stereocenters. The van der Waals surface area contributed by atoms with Crippen LogP contribution in [0, 0.1) is 11.8 Å². The lowest BCUT2D eigenvalue weighted by atomic mass is 10.3. The van der Waals surface area contributed by atoms with Gasteiger partial charge in [-0.3, -0.25) is 9.13 Å². The Labute approximate surface area is 146 Å². The number of nitrogens with zero attached hydrogens (tertiary/aromatic N) is 5. The van der Waals surface area contributed by atoms with E-state index in [2.05, 4.69) is 38.6 Å². The van der Waals surface area contributed by atoms with Crippen molar-refractivity contribution in [3.63, 3.8) is 0 Å². The van der Waals surface area contributed by atoms with Gasteiger partial charge in [0.25, 0.3) is 0 Å². The molecule has 1 aliphatic rings. The molecule has 3 rings (SSSR count). The SMILES string of the molecule is C=CCn1c(=O)n(CC#CC)c2c(N3CCNCC3)nc(OC)nc21. The lowest BCUT2D eigenvalue weighted by molar-refractivity contribution is 0.380. The number of fused-ring (bicyclic) bond motifs is 1. The number of aromatic nitrogens is 4. The maximum atomic E-state index is 12.9. The fourth-order valence-electron chi connectivity index (χ4n) is 2.96. The summed E-state index contributed by atoms with van der Waals surface area (Å²) < 4.78 is 8.48. The summed E-state index contributed by atoms with van der Waals surface area (Å²) in [6.45, 7) is 9.48. The molecule has 0 bridgehead atoms. The van der Waals surface area contributed by atoms with Crippen molar-refractivity contribution in [2.24, 2.45) is 0 Å². The third-order valence-electron chi connectivity index (χ3n) is 4.14. The van der Waals surface area contributed by atoms with Crippen LogP contribution in [0.15, 0.2) is 17.4 Å². The van der Waals surface area contributed by atoms with Crippen LogP contribution in [0.2, 0.25) is 0 Å². The van der Waals surface area contributed by atoms with E-state index in [0.717, 1.165) is 26.2 Å². The zero-order valence-corrected chi connectivity index (χ0v) is 14.6. The summed E-state index contributed by atoms with van der Waals surface area (Å²) in [5, 5.41) is 3.32. The second kappa shape index (κ2) is 7.40. The molecule has 0 amide bonds. The van der Waals surface area contributed by atoms with Gasteiger partial charge in [-0.1, -0.05) is 12.0 Å². The van der Waals surface area contributed by atoms with Gasteiger partial charge < -0.3 is 15.0 Å². The molecule has 0 saturated carbocycles. The minimum atomic E-state index is -0.170. The molecule has 2 aromatic rings. The van der Waals surface area contributed by atoms with Crippen LogP contribution in [-0.2, 0) is 13.1 Å². The second-order valence-electron chi connectivity index (χ2n) is 5.64. The molecule has 0 spiro atoms. The van der Waals surface area contributed by atoms with E-state index in [9.17, 15) is 4.79 Å². The van der Waals surface area contributed by atoms with E-state index < -0.39 is 0 Å². The summed E-state index contributed by atoms with van der Waals surface area (Å²) in [6, 6.07) is 0.248. The zero-order valence-electron chi connectivity index (χ0n) is 14.6. The van der Waals surface area contributed by atoms with Crippen LogP contribution in [0.4, 0.5) is 5.82 Å². The summed E-state index contributed by atoms with van der Waals surface area (Å²) in [4.78, 5) is 24.0. The lowest BCUT2D eigenvalue weighted by Gasteiger charge is -2.29. The van der Waals surface area contributed by atoms with Gasteiger partial charge in [-0.15, -0.1) is 12.5 Å². The van der Waals surface area contributed by atoms with Crippen molar-refractivity contribution in [1.82, 2.24) is 24.4 Å². The number of hydrogen-bond donors (Lipinski definition) is 1. The van der Waals surface area contributed by atoms with Crippen LogP contribution in [0.5, 0.6) is 6.01 Å². The predicted octanol–water partition coefficient (Wildman–Crippen LogP) is 0.221. The maximum Gasteiger partial charge on any atom is 0.331 e. The van der Waals surface area contributed by atoms with Crippen molar-refractivity contribution in [3.05, 3.63) is 23.1 Å². The maximum absolute atomic E-state index is 12.9. The molecule has 1 fully saturated rings. The van der Waals surface area contributed by atoms with Crippen LogP contribution in [0.3, 0.4) is 0 Å². The number of nitrogens with one attached hydrogen (secondary N) is 1. The van der Waals surface area contributed by atoms with Gasteiger partial charge >= 0.3 is 11.7 Å². The molecule has 8 nitrogen and oxygen atoms in total. The normalized spacial score (nSPS) is 14.2. The van der Waals surface area contributed by atoms with Crippen LogP contribution in [0.25, 0.3) is 11.2 Å². The second-order valence-corrected chi connectivity index (χ2v) is 5.64. The molecule has 1 N–H and O–H groups in total. The molecule has 1 saturated heterocycles. The number of methoxy groups -OCH3 is 1. The molecule has 0 aromatic carbocycles. The van der Waals surface area contributed by atoms with Crippen molar-refractivity contribution in [3.8, 4) is 17.9 Å². The van der Waals surface area contributed by atoms with Crippen molar-refractivity contribution in [2.45, 2.75) is 20.0 Å². The van der Waals surface area contributed by atoms with Crippen LogP contribution < -0.4 is 20.6 Å². The zero-order chi connectivity index (χ0) is 17.8. The van der Waals surface area contributed by atoms with Crippen LogP contribution in [-0.4, -0.2) is 52.4 Å². The molecule has 3 heterocycles. The summed E-state index contributed by atoms with van der Waals surface area (Å²) in [5.74, 6) is 6.52. The number of imidazole rings is 1. The Morgan fingerprint density at radius 2 is 2.08 bits per heavy atom. The van der Waals surface area contributed by atoms with Gasteiger partial charge in [0.1, 0.15) is 5.52 Å². The van der Waals surface area contributed by atoms with Crippen molar-refractivity contribution in [1.29, 1.82) is 0 Å². The van der Waals surface area contributed by atoms with Crippen LogP contribution in [0.1, 0.15) is 6.92 Å².